The maximum Gasteiger partial charge on any atom is 0.219 e. The molecule has 3 aromatic rings. The zero-order chi connectivity index (χ0) is 19.4. The van der Waals surface area contributed by atoms with E-state index in [1.54, 1.807) is 6.20 Å². The molecule has 0 aliphatic heterocycles. The Morgan fingerprint density at radius 1 is 1.07 bits per heavy atom. The molecule has 0 radical (unpaired) electrons. The van der Waals surface area contributed by atoms with Crippen molar-refractivity contribution in [1.82, 2.24) is 15.3 Å². The molecule has 2 aromatic heterocycles. The van der Waals surface area contributed by atoms with Crippen molar-refractivity contribution in [2.45, 2.75) is 39.8 Å². The molecule has 1 atom stereocenters. The number of benzene rings is 1. The second kappa shape index (κ2) is 9.37. The highest BCUT2D eigenvalue weighted by Gasteiger charge is 2.09. The molecule has 1 aromatic carbocycles. The van der Waals surface area contributed by atoms with E-state index in [0.29, 0.717) is 17.7 Å². The first kappa shape index (κ1) is 21.4. The third-order valence-corrected chi connectivity index (χ3v) is 4.00. The molecule has 2 heterocycles. The number of pyridine rings is 2. The highest BCUT2D eigenvalue weighted by Crippen LogP contribution is 2.25. The molecule has 0 spiro atoms. The number of amides is 1. The van der Waals surface area contributed by atoms with Crippen molar-refractivity contribution in [3.63, 3.8) is 0 Å². The first-order chi connectivity index (χ1) is 12.9. The van der Waals surface area contributed by atoms with E-state index in [9.17, 15) is 4.79 Å². The Hall–Kier alpha value is -2.86. The van der Waals surface area contributed by atoms with E-state index in [2.05, 4.69) is 34.4 Å². The third-order valence-electron chi connectivity index (χ3n) is 4.00. The summed E-state index contributed by atoms with van der Waals surface area (Å²) in [5, 5.41) is 7.12. The molecular weight excluding hydrogens is 376 g/mol. The van der Waals surface area contributed by atoms with Crippen molar-refractivity contribution < 1.29 is 9.53 Å². The van der Waals surface area contributed by atoms with E-state index in [1.165, 1.54) is 6.92 Å². The normalized spacial score (nSPS) is 11.6. The molecule has 0 saturated carbocycles. The Labute approximate surface area is 171 Å². The van der Waals surface area contributed by atoms with E-state index in [4.69, 9.17) is 4.74 Å². The molecule has 0 aliphatic rings. The van der Waals surface area contributed by atoms with Crippen molar-refractivity contribution in [3.05, 3.63) is 54.2 Å². The fourth-order valence-corrected chi connectivity index (χ4v) is 2.78. The molecule has 3 rings (SSSR count). The minimum absolute atomic E-state index is 0. The number of nitrogens with zero attached hydrogens (tertiary/aromatic N) is 2. The number of nitrogens with one attached hydrogen (secondary N) is 2. The van der Waals surface area contributed by atoms with Crippen LogP contribution >= 0.6 is 12.4 Å². The lowest BCUT2D eigenvalue weighted by Crippen LogP contribution is -2.23. The predicted molar refractivity (Wildman–Crippen MR) is 114 cm³/mol. The van der Waals surface area contributed by atoms with Crippen molar-refractivity contribution in [3.8, 4) is 11.6 Å². The smallest absolute Gasteiger partial charge is 0.219 e. The van der Waals surface area contributed by atoms with Crippen LogP contribution in [0.1, 0.15) is 39.3 Å². The maximum atomic E-state index is 11.2. The predicted octanol–water partition coefficient (Wildman–Crippen LogP) is 4.86. The van der Waals surface area contributed by atoms with Gasteiger partial charge in [0.15, 0.2) is 0 Å². The molecule has 2 N–H and O–H groups in total. The Morgan fingerprint density at radius 3 is 2.50 bits per heavy atom. The lowest BCUT2D eigenvalue weighted by Gasteiger charge is -2.14. The average Bonchev–Trinajstić information content (AvgIpc) is 2.62. The molecule has 0 aliphatic carbocycles. The highest BCUT2D eigenvalue weighted by atomic mass is 35.5. The fourth-order valence-electron chi connectivity index (χ4n) is 2.78. The number of carbonyl (C=O) groups is 1. The number of carbonyl (C=O) groups excluding carboxylic acids is 1. The van der Waals surface area contributed by atoms with Crippen LogP contribution in [-0.4, -0.2) is 21.9 Å². The zero-order valence-electron chi connectivity index (χ0n) is 16.4. The Kier molecular flexibility index (Phi) is 7.18. The van der Waals surface area contributed by atoms with Crippen LogP contribution in [0.4, 0.5) is 5.82 Å². The van der Waals surface area contributed by atoms with Gasteiger partial charge in [-0.15, -0.1) is 12.4 Å². The van der Waals surface area contributed by atoms with E-state index >= 15 is 0 Å². The number of fused-ring (bicyclic) bond motifs is 1. The lowest BCUT2D eigenvalue weighted by atomic mass is 10.1. The topological polar surface area (TPSA) is 76.1 Å². The quantitative estimate of drug-likeness (QED) is 0.617. The molecule has 0 saturated heterocycles. The van der Waals surface area contributed by atoms with Crippen LogP contribution < -0.4 is 15.4 Å². The summed E-state index contributed by atoms with van der Waals surface area (Å²) in [7, 11) is 0. The summed E-state index contributed by atoms with van der Waals surface area (Å²) in [5.74, 6) is 1.90. The van der Waals surface area contributed by atoms with Gasteiger partial charge in [-0.25, -0.2) is 9.97 Å². The number of hydrogen-bond donors (Lipinski definition) is 2. The van der Waals surface area contributed by atoms with Gasteiger partial charge in [0.05, 0.1) is 17.8 Å². The van der Waals surface area contributed by atoms with Gasteiger partial charge in [0.2, 0.25) is 11.8 Å². The van der Waals surface area contributed by atoms with Crippen molar-refractivity contribution in [2.75, 3.05) is 5.32 Å². The molecular formula is C21H25ClN4O2. The van der Waals surface area contributed by atoms with Gasteiger partial charge in [-0.3, -0.25) is 4.79 Å². The van der Waals surface area contributed by atoms with E-state index in [-0.39, 0.29) is 24.4 Å². The minimum Gasteiger partial charge on any atom is -0.437 e. The number of halogens is 1. The summed E-state index contributed by atoms with van der Waals surface area (Å²) in [6.45, 7) is 7.60. The van der Waals surface area contributed by atoms with Crippen LogP contribution in [-0.2, 0) is 4.79 Å². The molecule has 1 unspecified atom stereocenters. The Morgan fingerprint density at radius 2 is 1.86 bits per heavy atom. The highest BCUT2D eigenvalue weighted by molar-refractivity contribution is 5.85. The lowest BCUT2D eigenvalue weighted by molar-refractivity contribution is -0.119. The SMILES string of the molecule is CC(=O)NC(C)c1ccc2nc(Oc3ccc(NC(C)C)nc3)ccc2c1.Cl. The molecule has 0 fully saturated rings. The largest absolute Gasteiger partial charge is 0.437 e. The van der Waals surface area contributed by atoms with Gasteiger partial charge in [0, 0.05) is 24.4 Å². The standard InChI is InChI=1S/C21H24N4O2.ClH/c1-13(2)23-20-9-7-18(12-22-20)27-21-10-6-17-11-16(5-8-19(17)25-21)14(3)24-15(4)26;/h5-14H,1-4H3,(H,22,23)(H,24,26);1H. The number of rotatable bonds is 6. The first-order valence-corrected chi connectivity index (χ1v) is 8.99. The summed E-state index contributed by atoms with van der Waals surface area (Å²) in [6.07, 6.45) is 1.68. The number of ether oxygens (including phenoxy) is 1. The average molecular weight is 401 g/mol. The molecule has 7 heteroatoms. The van der Waals surface area contributed by atoms with Crippen LogP contribution in [0.15, 0.2) is 48.7 Å². The van der Waals surface area contributed by atoms with Gasteiger partial charge < -0.3 is 15.4 Å². The maximum absolute atomic E-state index is 11.2. The van der Waals surface area contributed by atoms with Crippen molar-refractivity contribution >= 4 is 35.0 Å². The fraction of sp³-hybridized carbons (Fsp3) is 0.286. The summed E-state index contributed by atoms with van der Waals surface area (Å²) < 4.78 is 5.82. The third kappa shape index (κ3) is 5.57. The summed E-state index contributed by atoms with van der Waals surface area (Å²) in [5.41, 5.74) is 1.86. The van der Waals surface area contributed by atoms with Gasteiger partial charge in [-0.1, -0.05) is 6.07 Å². The van der Waals surface area contributed by atoms with Gasteiger partial charge in [-0.2, -0.15) is 0 Å². The van der Waals surface area contributed by atoms with Crippen molar-refractivity contribution in [2.24, 2.45) is 0 Å². The summed E-state index contributed by atoms with van der Waals surface area (Å²) >= 11 is 0. The van der Waals surface area contributed by atoms with Gasteiger partial charge in [-0.05, 0) is 56.7 Å². The van der Waals surface area contributed by atoms with Crippen LogP contribution in [0.2, 0.25) is 0 Å². The summed E-state index contributed by atoms with van der Waals surface area (Å²) in [6, 6.07) is 13.7. The van der Waals surface area contributed by atoms with Crippen LogP contribution in [0.25, 0.3) is 10.9 Å². The van der Waals surface area contributed by atoms with Gasteiger partial charge >= 0.3 is 0 Å². The van der Waals surface area contributed by atoms with E-state index in [1.807, 2.05) is 49.4 Å². The van der Waals surface area contributed by atoms with Crippen LogP contribution in [0.5, 0.6) is 11.6 Å². The molecule has 0 bridgehead atoms. The monoisotopic (exact) mass is 400 g/mol. The number of anilines is 1. The minimum atomic E-state index is -0.0492. The number of aromatic nitrogens is 2. The second-order valence-corrected chi connectivity index (χ2v) is 6.80. The molecule has 1 amide bonds. The van der Waals surface area contributed by atoms with E-state index < -0.39 is 0 Å². The Balaban J connectivity index is 0.00000280. The van der Waals surface area contributed by atoms with Crippen LogP contribution in [0.3, 0.4) is 0 Å². The number of hydrogen-bond acceptors (Lipinski definition) is 5. The molecule has 28 heavy (non-hydrogen) atoms. The summed E-state index contributed by atoms with van der Waals surface area (Å²) in [4.78, 5) is 20.1. The molecule has 6 nitrogen and oxygen atoms in total. The van der Waals surface area contributed by atoms with Crippen molar-refractivity contribution in [1.29, 1.82) is 0 Å². The zero-order valence-corrected chi connectivity index (χ0v) is 17.2. The second-order valence-electron chi connectivity index (χ2n) is 6.80. The molecule has 148 valence electrons. The van der Waals surface area contributed by atoms with Gasteiger partial charge in [0.25, 0.3) is 0 Å². The van der Waals surface area contributed by atoms with Crippen LogP contribution in [0, 0.1) is 0 Å². The van der Waals surface area contributed by atoms with Gasteiger partial charge in [0.1, 0.15) is 11.6 Å². The Bertz CT molecular complexity index is 945. The first-order valence-electron chi connectivity index (χ1n) is 8.99. The van der Waals surface area contributed by atoms with E-state index in [0.717, 1.165) is 22.3 Å².